The van der Waals surface area contributed by atoms with E-state index in [9.17, 15) is 0 Å². The molecule has 0 bridgehead atoms. The zero-order valence-corrected chi connectivity index (χ0v) is 11.7. The van der Waals surface area contributed by atoms with Crippen LogP contribution in [-0.2, 0) is 13.1 Å². The summed E-state index contributed by atoms with van der Waals surface area (Å²) in [7, 11) is 0. The molecule has 1 aliphatic rings. The maximum absolute atomic E-state index is 4.45. The molecular formula is C13H23N3S. The maximum Gasteiger partial charge on any atom is 0.0950 e. The highest BCUT2D eigenvalue weighted by Crippen LogP contribution is 2.23. The van der Waals surface area contributed by atoms with Crippen LogP contribution in [-0.4, -0.2) is 27.1 Å². The van der Waals surface area contributed by atoms with Crippen molar-refractivity contribution in [2.45, 2.75) is 45.8 Å². The van der Waals surface area contributed by atoms with Crippen LogP contribution in [0.3, 0.4) is 0 Å². The van der Waals surface area contributed by atoms with Crippen molar-refractivity contribution in [1.29, 1.82) is 0 Å². The van der Waals surface area contributed by atoms with E-state index in [4.69, 9.17) is 0 Å². The van der Waals surface area contributed by atoms with Crippen LogP contribution in [0.25, 0.3) is 0 Å². The van der Waals surface area contributed by atoms with Gasteiger partial charge in [-0.1, -0.05) is 13.8 Å². The normalized spacial score (nSPS) is 17.8. The summed E-state index contributed by atoms with van der Waals surface area (Å²) < 4.78 is 2.26. The minimum Gasteiger partial charge on any atom is -0.337 e. The number of nitrogens with one attached hydrogen (secondary N) is 1. The lowest BCUT2D eigenvalue weighted by Crippen LogP contribution is -2.22. The van der Waals surface area contributed by atoms with Crippen molar-refractivity contribution >= 4 is 11.8 Å². The Morgan fingerprint density at radius 3 is 2.94 bits per heavy atom. The Hall–Kier alpha value is -0.480. The molecule has 0 spiro atoms. The number of thioether (sulfide) groups is 1. The van der Waals surface area contributed by atoms with E-state index in [0.29, 0.717) is 6.04 Å². The number of hydrogen-bond donors (Lipinski definition) is 1. The highest BCUT2D eigenvalue weighted by atomic mass is 32.2. The van der Waals surface area contributed by atoms with E-state index >= 15 is 0 Å². The number of aromatic nitrogens is 2. The molecule has 1 aliphatic heterocycles. The summed E-state index contributed by atoms with van der Waals surface area (Å²) in [5, 5.41) is 3.40. The van der Waals surface area contributed by atoms with Crippen LogP contribution in [0.15, 0.2) is 12.5 Å². The average Bonchev–Trinajstić information content (AvgIpc) is 2.75. The predicted molar refractivity (Wildman–Crippen MR) is 74.3 cm³/mol. The Balaban J connectivity index is 1.80. The maximum atomic E-state index is 4.45. The van der Waals surface area contributed by atoms with E-state index in [1.165, 1.54) is 24.3 Å². The first-order valence-corrected chi connectivity index (χ1v) is 7.71. The lowest BCUT2D eigenvalue weighted by Gasteiger charge is -2.21. The Morgan fingerprint density at radius 1 is 1.47 bits per heavy atom. The van der Waals surface area contributed by atoms with Gasteiger partial charge in [-0.05, 0) is 30.3 Å². The van der Waals surface area contributed by atoms with Gasteiger partial charge in [-0.2, -0.15) is 11.8 Å². The molecule has 4 heteroatoms. The smallest absolute Gasteiger partial charge is 0.0950 e. The third-order valence-corrected chi connectivity index (χ3v) is 4.24. The van der Waals surface area contributed by atoms with Crippen LogP contribution in [0.2, 0.25) is 0 Å². The third kappa shape index (κ3) is 4.36. The van der Waals surface area contributed by atoms with Gasteiger partial charge >= 0.3 is 0 Å². The van der Waals surface area contributed by atoms with E-state index in [0.717, 1.165) is 24.7 Å². The van der Waals surface area contributed by atoms with Gasteiger partial charge < -0.3 is 9.88 Å². The van der Waals surface area contributed by atoms with Crippen LogP contribution < -0.4 is 5.32 Å². The van der Waals surface area contributed by atoms with Crippen LogP contribution in [0, 0.1) is 5.92 Å². The number of hydrogen-bond acceptors (Lipinski definition) is 3. The van der Waals surface area contributed by atoms with Crippen molar-refractivity contribution in [1.82, 2.24) is 14.9 Å². The molecule has 0 saturated carbocycles. The van der Waals surface area contributed by atoms with Crippen LogP contribution in [0.5, 0.6) is 0 Å². The molecule has 2 heterocycles. The zero-order chi connectivity index (χ0) is 12.1. The van der Waals surface area contributed by atoms with Crippen molar-refractivity contribution in [3.05, 3.63) is 18.2 Å². The fourth-order valence-electron chi connectivity index (χ4n) is 2.13. The van der Waals surface area contributed by atoms with Crippen molar-refractivity contribution in [3.8, 4) is 0 Å². The first kappa shape index (κ1) is 13.0. The average molecular weight is 253 g/mol. The number of rotatable bonds is 5. The van der Waals surface area contributed by atoms with Crippen molar-refractivity contribution in [3.63, 3.8) is 0 Å². The largest absolute Gasteiger partial charge is 0.337 e. The lowest BCUT2D eigenvalue weighted by molar-refractivity contribution is 0.416. The topological polar surface area (TPSA) is 29.9 Å². The molecule has 0 unspecified atom stereocenters. The Morgan fingerprint density at radius 2 is 2.24 bits per heavy atom. The highest BCUT2D eigenvalue weighted by molar-refractivity contribution is 7.99. The molecule has 1 saturated heterocycles. The van der Waals surface area contributed by atoms with Gasteiger partial charge in [0.1, 0.15) is 0 Å². The first-order chi connectivity index (χ1) is 8.24. The molecule has 2 rings (SSSR count). The van der Waals surface area contributed by atoms with Gasteiger partial charge in [0, 0.05) is 25.3 Å². The van der Waals surface area contributed by atoms with Crippen molar-refractivity contribution in [2.24, 2.45) is 5.92 Å². The molecule has 0 radical (unpaired) electrons. The summed E-state index contributed by atoms with van der Waals surface area (Å²) in [6, 6.07) is 0.524. The van der Waals surface area contributed by atoms with Gasteiger partial charge in [-0.15, -0.1) is 0 Å². The fraction of sp³-hybridized carbons (Fsp3) is 0.769. The number of nitrogens with zero attached hydrogens (tertiary/aromatic N) is 2. The fourth-order valence-corrected chi connectivity index (χ4v) is 3.34. The third-order valence-electron chi connectivity index (χ3n) is 3.19. The highest BCUT2D eigenvalue weighted by Gasteiger charge is 2.14. The van der Waals surface area contributed by atoms with E-state index in [2.05, 4.69) is 46.7 Å². The standard InChI is InChI=1S/C13H23N3S/c1-11(2)14-7-13-9-16(10-15-13)8-12-3-5-17-6-4-12/h9-12,14H,3-8H2,1-2H3. The molecule has 96 valence electrons. The van der Waals surface area contributed by atoms with Gasteiger partial charge in [0.2, 0.25) is 0 Å². The summed E-state index contributed by atoms with van der Waals surface area (Å²) in [6.07, 6.45) is 6.90. The zero-order valence-electron chi connectivity index (χ0n) is 10.9. The molecule has 1 aromatic rings. The summed E-state index contributed by atoms with van der Waals surface area (Å²) in [5.41, 5.74) is 1.16. The second-order valence-corrected chi connectivity index (χ2v) is 6.38. The molecule has 1 fully saturated rings. The first-order valence-electron chi connectivity index (χ1n) is 6.56. The molecule has 1 N–H and O–H groups in total. The molecule has 1 aromatic heterocycles. The van der Waals surface area contributed by atoms with E-state index in [1.54, 1.807) is 0 Å². The second-order valence-electron chi connectivity index (χ2n) is 5.15. The quantitative estimate of drug-likeness (QED) is 0.874. The van der Waals surface area contributed by atoms with Gasteiger partial charge in [-0.25, -0.2) is 4.98 Å². The molecule has 0 aromatic carbocycles. The molecular weight excluding hydrogens is 230 g/mol. The number of imidazole rings is 1. The minimum atomic E-state index is 0.524. The summed E-state index contributed by atoms with van der Waals surface area (Å²) in [6.45, 7) is 6.35. The van der Waals surface area contributed by atoms with Crippen LogP contribution in [0.4, 0.5) is 0 Å². The lowest BCUT2D eigenvalue weighted by atomic mass is 10.0. The van der Waals surface area contributed by atoms with E-state index in [1.807, 2.05) is 6.33 Å². The second kappa shape index (κ2) is 6.45. The summed E-state index contributed by atoms with van der Waals surface area (Å²) >= 11 is 2.09. The SMILES string of the molecule is CC(C)NCc1cn(CC2CCSCC2)cn1. The van der Waals surface area contributed by atoms with Gasteiger partial charge in [0.15, 0.2) is 0 Å². The van der Waals surface area contributed by atoms with E-state index < -0.39 is 0 Å². The minimum absolute atomic E-state index is 0.524. The molecule has 0 aliphatic carbocycles. The Kier molecular flexibility index (Phi) is 4.92. The van der Waals surface area contributed by atoms with Gasteiger partial charge in [0.05, 0.1) is 12.0 Å². The van der Waals surface area contributed by atoms with Crippen LogP contribution >= 0.6 is 11.8 Å². The molecule has 17 heavy (non-hydrogen) atoms. The Bertz CT molecular complexity index is 329. The van der Waals surface area contributed by atoms with Crippen molar-refractivity contribution in [2.75, 3.05) is 11.5 Å². The molecule has 3 nitrogen and oxygen atoms in total. The molecule has 0 atom stereocenters. The Labute approximate surface area is 108 Å². The van der Waals surface area contributed by atoms with Gasteiger partial charge in [0.25, 0.3) is 0 Å². The molecule has 0 amide bonds. The monoisotopic (exact) mass is 253 g/mol. The van der Waals surface area contributed by atoms with E-state index in [-0.39, 0.29) is 0 Å². The van der Waals surface area contributed by atoms with Crippen molar-refractivity contribution < 1.29 is 0 Å². The summed E-state index contributed by atoms with van der Waals surface area (Å²) in [5.74, 6) is 3.53. The predicted octanol–water partition coefficient (Wildman–Crippen LogP) is 2.52. The van der Waals surface area contributed by atoms with Gasteiger partial charge in [-0.3, -0.25) is 0 Å². The summed E-state index contributed by atoms with van der Waals surface area (Å²) in [4.78, 5) is 4.45. The van der Waals surface area contributed by atoms with Crippen LogP contribution in [0.1, 0.15) is 32.4 Å².